The largest absolute Gasteiger partial charge is 0.497 e. The molecule has 1 fully saturated rings. The van der Waals surface area contributed by atoms with E-state index in [1.807, 2.05) is 29.6 Å². The SMILES string of the molecule is COc1ccc(C(CNC(=O)c2cccs2)N2CCN(C)CC2)cc1. The van der Waals surface area contributed by atoms with Crippen LogP contribution in [0.25, 0.3) is 0 Å². The number of methoxy groups -OCH3 is 1. The van der Waals surface area contributed by atoms with Crippen molar-refractivity contribution < 1.29 is 9.53 Å². The van der Waals surface area contributed by atoms with E-state index in [-0.39, 0.29) is 11.9 Å². The van der Waals surface area contributed by atoms with Crippen LogP contribution in [0.4, 0.5) is 0 Å². The Kier molecular flexibility index (Phi) is 6.07. The van der Waals surface area contributed by atoms with Crippen LogP contribution in [0.2, 0.25) is 0 Å². The molecule has 1 aromatic carbocycles. The number of piperazine rings is 1. The fraction of sp³-hybridized carbons (Fsp3) is 0.421. The van der Waals surface area contributed by atoms with Crippen LogP contribution in [0.15, 0.2) is 41.8 Å². The first-order valence-electron chi connectivity index (χ1n) is 8.55. The Morgan fingerprint density at radius 3 is 2.52 bits per heavy atom. The van der Waals surface area contributed by atoms with Crippen molar-refractivity contribution in [2.24, 2.45) is 0 Å². The van der Waals surface area contributed by atoms with E-state index in [9.17, 15) is 4.79 Å². The van der Waals surface area contributed by atoms with Crippen LogP contribution in [0.3, 0.4) is 0 Å². The second-order valence-electron chi connectivity index (χ2n) is 6.32. The van der Waals surface area contributed by atoms with Crippen LogP contribution in [-0.2, 0) is 0 Å². The summed E-state index contributed by atoms with van der Waals surface area (Å²) in [4.78, 5) is 17.9. The van der Waals surface area contributed by atoms with Crippen LogP contribution >= 0.6 is 11.3 Å². The molecule has 1 aliphatic heterocycles. The van der Waals surface area contributed by atoms with E-state index in [2.05, 4.69) is 34.3 Å². The molecule has 0 bridgehead atoms. The third kappa shape index (κ3) is 4.60. The normalized spacial score (nSPS) is 17.2. The summed E-state index contributed by atoms with van der Waals surface area (Å²) in [6.07, 6.45) is 0. The quantitative estimate of drug-likeness (QED) is 0.861. The Balaban J connectivity index is 1.72. The maximum Gasteiger partial charge on any atom is 0.261 e. The number of nitrogens with zero attached hydrogens (tertiary/aromatic N) is 2. The standard InChI is InChI=1S/C19H25N3O2S/c1-21-9-11-22(12-10-21)17(15-5-7-16(24-2)8-6-15)14-20-19(23)18-4-3-13-25-18/h3-8,13,17H,9-12,14H2,1-2H3,(H,20,23). The number of rotatable bonds is 6. The third-order valence-corrected chi connectivity index (χ3v) is 5.55. The summed E-state index contributed by atoms with van der Waals surface area (Å²) in [5.74, 6) is 0.853. The Labute approximate surface area is 153 Å². The van der Waals surface area contributed by atoms with Crippen molar-refractivity contribution in [1.29, 1.82) is 0 Å². The van der Waals surface area contributed by atoms with Crippen molar-refractivity contribution in [2.45, 2.75) is 6.04 Å². The summed E-state index contributed by atoms with van der Waals surface area (Å²) in [6.45, 7) is 4.70. The van der Waals surface area contributed by atoms with E-state index in [0.717, 1.165) is 36.8 Å². The molecule has 2 aromatic rings. The Morgan fingerprint density at radius 1 is 1.20 bits per heavy atom. The van der Waals surface area contributed by atoms with Gasteiger partial charge in [-0.2, -0.15) is 0 Å². The van der Waals surface area contributed by atoms with Gasteiger partial charge in [0.2, 0.25) is 0 Å². The number of hydrogen-bond acceptors (Lipinski definition) is 5. The molecular formula is C19H25N3O2S. The molecule has 0 radical (unpaired) electrons. The predicted molar refractivity (Wildman–Crippen MR) is 101 cm³/mol. The smallest absolute Gasteiger partial charge is 0.261 e. The van der Waals surface area contributed by atoms with Crippen LogP contribution in [0.5, 0.6) is 5.75 Å². The number of likely N-dealkylation sites (N-methyl/N-ethyl adjacent to an activating group) is 1. The summed E-state index contributed by atoms with van der Waals surface area (Å²) in [5, 5.41) is 5.03. The second kappa shape index (κ2) is 8.47. The average molecular weight is 359 g/mol. The molecule has 1 saturated heterocycles. The van der Waals surface area contributed by atoms with Gasteiger partial charge in [0, 0.05) is 32.7 Å². The fourth-order valence-electron chi connectivity index (χ4n) is 3.10. The van der Waals surface area contributed by atoms with E-state index in [1.165, 1.54) is 16.9 Å². The maximum absolute atomic E-state index is 12.3. The summed E-state index contributed by atoms with van der Waals surface area (Å²) >= 11 is 1.47. The molecule has 5 nitrogen and oxygen atoms in total. The number of benzene rings is 1. The average Bonchev–Trinajstić information content (AvgIpc) is 3.18. The number of amides is 1. The van der Waals surface area contributed by atoms with E-state index >= 15 is 0 Å². The topological polar surface area (TPSA) is 44.8 Å². The summed E-state index contributed by atoms with van der Waals surface area (Å²) in [6, 6.07) is 12.1. The molecule has 0 spiro atoms. The van der Waals surface area contributed by atoms with Gasteiger partial charge in [0.25, 0.3) is 5.91 Å². The molecule has 1 aromatic heterocycles. The molecule has 1 unspecified atom stereocenters. The van der Waals surface area contributed by atoms with E-state index in [0.29, 0.717) is 6.54 Å². The van der Waals surface area contributed by atoms with Gasteiger partial charge >= 0.3 is 0 Å². The highest BCUT2D eigenvalue weighted by Crippen LogP contribution is 2.24. The lowest BCUT2D eigenvalue weighted by molar-refractivity contribution is 0.0889. The zero-order valence-corrected chi connectivity index (χ0v) is 15.6. The van der Waals surface area contributed by atoms with Crippen molar-refractivity contribution in [2.75, 3.05) is 46.9 Å². The first-order valence-corrected chi connectivity index (χ1v) is 9.43. The molecule has 134 valence electrons. The van der Waals surface area contributed by atoms with Crippen molar-refractivity contribution in [3.8, 4) is 5.75 Å². The molecule has 6 heteroatoms. The van der Waals surface area contributed by atoms with Gasteiger partial charge in [-0.05, 0) is 36.2 Å². The van der Waals surface area contributed by atoms with Gasteiger partial charge in [-0.3, -0.25) is 9.69 Å². The Bertz CT molecular complexity index is 664. The van der Waals surface area contributed by atoms with Gasteiger partial charge in [-0.1, -0.05) is 18.2 Å². The van der Waals surface area contributed by atoms with Crippen LogP contribution in [0, 0.1) is 0 Å². The third-order valence-electron chi connectivity index (χ3n) is 4.68. The van der Waals surface area contributed by atoms with E-state index in [4.69, 9.17) is 4.74 Å². The lowest BCUT2D eigenvalue weighted by Gasteiger charge is -2.38. The highest BCUT2D eigenvalue weighted by Gasteiger charge is 2.24. The van der Waals surface area contributed by atoms with E-state index < -0.39 is 0 Å². The zero-order chi connectivity index (χ0) is 17.6. The number of thiophene rings is 1. The highest BCUT2D eigenvalue weighted by molar-refractivity contribution is 7.12. The second-order valence-corrected chi connectivity index (χ2v) is 7.26. The van der Waals surface area contributed by atoms with Crippen LogP contribution in [0.1, 0.15) is 21.3 Å². The van der Waals surface area contributed by atoms with Crippen molar-refractivity contribution in [3.63, 3.8) is 0 Å². The summed E-state index contributed by atoms with van der Waals surface area (Å²) in [5.41, 5.74) is 1.21. The minimum absolute atomic E-state index is 0.00244. The van der Waals surface area contributed by atoms with Crippen molar-refractivity contribution in [3.05, 3.63) is 52.2 Å². The molecule has 1 N–H and O–H groups in total. The molecule has 0 aliphatic carbocycles. The summed E-state index contributed by atoms with van der Waals surface area (Å²) < 4.78 is 5.27. The minimum atomic E-state index is 0.00244. The molecule has 1 atom stereocenters. The molecular weight excluding hydrogens is 334 g/mol. The van der Waals surface area contributed by atoms with Gasteiger partial charge in [0.15, 0.2) is 0 Å². The molecule has 1 amide bonds. The molecule has 2 heterocycles. The van der Waals surface area contributed by atoms with Gasteiger partial charge in [0.05, 0.1) is 18.0 Å². The van der Waals surface area contributed by atoms with E-state index in [1.54, 1.807) is 7.11 Å². The number of hydrogen-bond donors (Lipinski definition) is 1. The molecule has 0 saturated carbocycles. The first kappa shape index (κ1) is 17.9. The number of nitrogens with one attached hydrogen (secondary N) is 1. The Hall–Kier alpha value is -1.89. The monoisotopic (exact) mass is 359 g/mol. The predicted octanol–water partition coefficient (Wildman–Crippen LogP) is 2.48. The molecule has 25 heavy (non-hydrogen) atoms. The summed E-state index contributed by atoms with van der Waals surface area (Å²) in [7, 11) is 3.83. The van der Waals surface area contributed by atoms with Crippen LogP contribution in [-0.4, -0.2) is 62.6 Å². The van der Waals surface area contributed by atoms with Gasteiger partial charge in [-0.25, -0.2) is 0 Å². The van der Waals surface area contributed by atoms with Gasteiger partial charge in [0.1, 0.15) is 5.75 Å². The zero-order valence-electron chi connectivity index (χ0n) is 14.8. The number of carbonyl (C=O) groups excluding carboxylic acids is 1. The lowest BCUT2D eigenvalue weighted by atomic mass is 10.0. The molecule has 3 rings (SSSR count). The maximum atomic E-state index is 12.3. The number of ether oxygens (including phenoxy) is 1. The van der Waals surface area contributed by atoms with Gasteiger partial charge < -0.3 is 15.0 Å². The van der Waals surface area contributed by atoms with Crippen molar-refractivity contribution in [1.82, 2.24) is 15.1 Å². The van der Waals surface area contributed by atoms with Gasteiger partial charge in [-0.15, -0.1) is 11.3 Å². The Morgan fingerprint density at radius 2 is 1.92 bits per heavy atom. The van der Waals surface area contributed by atoms with Crippen molar-refractivity contribution >= 4 is 17.2 Å². The minimum Gasteiger partial charge on any atom is -0.497 e. The lowest BCUT2D eigenvalue weighted by Crippen LogP contribution is -2.48. The van der Waals surface area contributed by atoms with Crippen LogP contribution < -0.4 is 10.1 Å². The fourth-order valence-corrected chi connectivity index (χ4v) is 3.74. The number of carbonyl (C=O) groups is 1. The highest BCUT2D eigenvalue weighted by atomic mass is 32.1. The first-order chi connectivity index (χ1) is 12.2. The molecule has 1 aliphatic rings.